The predicted molar refractivity (Wildman–Crippen MR) is 95.8 cm³/mol. The molecule has 1 saturated heterocycles. The second-order valence-electron chi connectivity index (χ2n) is 5.97. The molecule has 1 N–H and O–H groups in total. The van der Waals surface area contributed by atoms with Crippen LogP contribution < -0.4 is 0 Å². The average molecular weight is 363 g/mol. The number of thioether (sulfide) groups is 1. The van der Waals surface area contributed by atoms with Crippen LogP contribution in [0.4, 0.5) is 4.39 Å². The van der Waals surface area contributed by atoms with E-state index in [9.17, 15) is 9.18 Å². The minimum atomic E-state index is -0.354. The SMILES string of the molecule is CCN1CCN(C(=O)[C@@H](C)Sc2n[nH]c(-c3ccccc3F)n2)CC1. The molecule has 0 aliphatic carbocycles. The Kier molecular flexibility index (Phi) is 5.70. The van der Waals surface area contributed by atoms with E-state index in [0.717, 1.165) is 32.7 Å². The van der Waals surface area contributed by atoms with Crippen LogP contribution in [0.1, 0.15) is 13.8 Å². The van der Waals surface area contributed by atoms with E-state index in [1.54, 1.807) is 18.2 Å². The Labute approximate surface area is 150 Å². The molecule has 0 saturated carbocycles. The third-order valence-corrected chi connectivity index (χ3v) is 5.30. The molecule has 1 atom stereocenters. The first-order chi connectivity index (χ1) is 12.1. The summed E-state index contributed by atoms with van der Waals surface area (Å²) in [5, 5.41) is 7.02. The van der Waals surface area contributed by atoms with Crippen molar-refractivity contribution in [2.75, 3.05) is 32.7 Å². The maximum Gasteiger partial charge on any atom is 0.235 e. The highest BCUT2D eigenvalue weighted by molar-refractivity contribution is 8.00. The van der Waals surface area contributed by atoms with Gasteiger partial charge in [0.05, 0.1) is 10.8 Å². The Hall–Kier alpha value is -1.93. The Morgan fingerprint density at radius 1 is 1.32 bits per heavy atom. The molecule has 2 aromatic rings. The summed E-state index contributed by atoms with van der Waals surface area (Å²) in [7, 11) is 0. The number of nitrogens with zero attached hydrogens (tertiary/aromatic N) is 4. The maximum atomic E-state index is 13.8. The molecular weight excluding hydrogens is 341 g/mol. The molecule has 1 aromatic heterocycles. The molecule has 0 bridgehead atoms. The summed E-state index contributed by atoms with van der Waals surface area (Å²) in [4.78, 5) is 21.1. The van der Waals surface area contributed by atoms with Crippen molar-refractivity contribution in [2.45, 2.75) is 24.3 Å². The highest BCUT2D eigenvalue weighted by atomic mass is 32.2. The van der Waals surface area contributed by atoms with Gasteiger partial charge < -0.3 is 9.80 Å². The van der Waals surface area contributed by atoms with Gasteiger partial charge in [0.15, 0.2) is 5.82 Å². The van der Waals surface area contributed by atoms with Crippen molar-refractivity contribution < 1.29 is 9.18 Å². The fraction of sp³-hybridized carbons (Fsp3) is 0.471. The van der Waals surface area contributed by atoms with Crippen LogP contribution in [0.15, 0.2) is 29.4 Å². The van der Waals surface area contributed by atoms with Crippen LogP contribution >= 0.6 is 11.8 Å². The number of halogens is 1. The Balaban J connectivity index is 1.61. The quantitative estimate of drug-likeness (QED) is 0.826. The van der Waals surface area contributed by atoms with Gasteiger partial charge in [-0.3, -0.25) is 9.89 Å². The molecule has 8 heteroatoms. The normalized spacial score (nSPS) is 16.8. The molecule has 1 aliphatic rings. The van der Waals surface area contributed by atoms with Gasteiger partial charge in [-0.15, -0.1) is 5.10 Å². The van der Waals surface area contributed by atoms with Crippen LogP contribution in [-0.4, -0.2) is 68.9 Å². The number of carbonyl (C=O) groups is 1. The highest BCUT2D eigenvalue weighted by Crippen LogP contribution is 2.25. The molecule has 0 radical (unpaired) electrons. The van der Waals surface area contributed by atoms with E-state index in [2.05, 4.69) is 27.0 Å². The lowest BCUT2D eigenvalue weighted by Crippen LogP contribution is -2.50. The van der Waals surface area contributed by atoms with Gasteiger partial charge in [-0.25, -0.2) is 9.37 Å². The van der Waals surface area contributed by atoms with E-state index in [4.69, 9.17) is 0 Å². The molecule has 134 valence electrons. The Morgan fingerprint density at radius 3 is 2.72 bits per heavy atom. The smallest absolute Gasteiger partial charge is 0.235 e. The van der Waals surface area contributed by atoms with E-state index in [1.807, 2.05) is 11.8 Å². The average Bonchev–Trinajstić information content (AvgIpc) is 3.09. The summed E-state index contributed by atoms with van der Waals surface area (Å²) in [6.45, 7) is 8.35. The lowest BCUT2D eigenvalue weighted by molar-refractivity contribution is -0.132. The lowest BCUT2D eigenvalue weighted by Gasteiger charge is -2.35. The number of aromatic nitrogens is 3. The van der Waals surface area contributed by atoms with Gasteiger partial charge in [-0.1, -0.05) is 30.8 Å². The molecule has 1 aromatic carbocycles. The number of amides is 1. The number of rotatable bonds is 5. The van der Waals surface area contributed by atoms with Crippen molar-refractivity contribution in [1.29, 1.82) is 0 Å². The summed E-state index contributed by atoms with van der Waals surface area (Å²) in [5.41, 5.74) is 0.372. The van der Waals surface area contributed by atoms with Crippen molar-refractivity contribution in [3.05, 3.63) is 30.1 Å². The van der Waals surface area contributed by atoms with Gasteiger partial charge in [0.1, 0.15) is 5.82 Å². The molecule has 1 amide bonds. The number of likely N-dealkylation sites (N-methyl/N-ethyl adjacent to an activating group) is 1. The second kappa shape index (κ2) is 7.97. The van der Waals surface area contributed by atoms with Crippen molar-refractivity contribution >= 4 is 17.7 Å². The predicted octanol–water partition coefficient (Wildman–Crippen LogP) is 2.26. The molecule has 1 fully saturated rings. The molecule has 0 unspecified atom stereocenters. The van der Waals surface area contributed by atoms with Gasteiger partial charge in [0.25, 0.3) is 0 Å². The van der Waals surface area contributed by atoms with E-state index >= 15 is 0 Å². The third-order valence-electron chi connectivity index (χ3n) is 4.36. The monoisotopic (exact) mass is 363 g/mol. The number of nitrogens with one attached hydrogen (secondary N) is 1. The van der Waals surface area contributed by atoms with Crippen molar-refractivity contribution in [2.24, 2.45) is 0 Å². The number of hydrogen-bond donors (Lipinski definition) is 1. The largest absolute Gasteiger partial charge is 0.339 e. The van der Waals surface area contributed by atoms with E-state index in [-0.39, 0.29) is 17.0 Å². The number of hydrogen-bond acceptors (Lipinski definition) is 5. The zero-order valence-electron chi connectivity index (χ0n) is 14.4. The van der Waals surface area contributed by atoms with E-state index in [0.29, 0.717) is 16.5 Å². The fourth-order valence-corrected chi connectivity index (χ4v) is 3.63. The zero-order chi connectivity index (χ0) is 17.8. The first-order valence-corrected chi connectivity index (χ1v) is 9.31. The first kappa shape index (κ1) is 17.9. The van der Waals surface area contributed by atoms with Gasteiger partial charge in [-0.2, -0.15) is 0 Å². The number of carbonyl (C=O) groups excluding carboxylic acids is 1. The molecule has 25 heavy (non-hydrogen) atoms. The van der Waals surface area contributed by atoms with Crippen LogP contribution in [-0.2, 0) is 4.79 Å². The lowest BCUT2D eigenvalue weighted by atomic mass is 10.2. The summed E-state index contributed by atoms with van der Waals surface area (Å²) in [6, 6.07) is 6.40. The second-order valence-corrected chi connectivity index (χ2v) is 7.27. The van der Waals surface area contributed by atoms with E-state index in [1.165, 1.54) is 17.8 Å². The Morgan fingerprint density at radius 2 is 2.04 bits per heavy atom. The fourth-order valence-electron chi connectivity index (χ4n) is 2.82. The molecular formula is C17H22FN5OS. The van der Waals surface area contributed by atoms with Gasteiger partial charge in [0, 0.05) is 26.2 Å². The van der Waals surface area contributed by atoms with E-state index < -0.39 is 0 Å². The number of benzene rings is 1. The van der Waals surface area contributed by atoms with Crippen LogP contribution in [0.25, 0.3) is 11.4 Å². The molecule has 1 aliphatic heterocycles. The molecule has 6 nitrogen and oxygen atoms in total. The minimum Gasteiger partial charge on any atom is -0.339 e. The highest BCUT2D eigenvalue weighted by Gasteiger charge is 2.26. The summed E-state index contributed by atoms with van der Waals surface area (Å²) in [5.74, 6) is 0.114. The van der Waals surface area contributed by atoms with Gasteiger partial charge in [-0.05, 0) is 25.6 Å². The summed E-state index contributed by atoms with van der Waals surface area (Å²) < 4.78 is 13.8. The minimum absolute atomic E-state index is 0.0954. The topological polar surface area (TPSA) is 65.1 Å². The van der Waals surface area contributed by atoms with Crippen LogP contribution in [0.5, 0.6) is 0 Å². The molecule has 0 spiro atoms. The number of aromatic amines is 1. The summed E-state index contributed by atoms with van der Waals surface area (Å²) >= 11 is 1.29. The van der Waals surface area contributed by atoms with Crippen LogP contribution in [0, 0.1) is 5.82 Å². The van der Waals surface area contributed by atoms with Crippen LogP contribution in [0.3, 0.4) is 0 Å². The first-order valence-electron chi connectivity index (χ1n) is 8.43. The Bertz CT molecular complexity index is 729. The molecule has 2 heterocycles. The van der Waals surface area contributed by atoms with Gasteiger partial charge in [0.2, 0.25) is 11.1 Å². The zero-order valence-corrected chi connectivity index (χ0v) is 15.2. The van der Waals surface area contributed by atoms with Crippen molar-refractivity contribution in [3.8, 4) is 11.4 Å². The standard InChI is InChI=1S/C17H22FN5OS/c1-3-22-8-10-23(11-9-22)16(24)12(2)25-17-19-15(20-21-17)13-6-4-5-7-14(13)18/h4-7,12H,3,8-11H2,1-2H3,(H,19,20,21)/t12-/m1/s1. The van der Waals surface area contributed by atoms with Crippen molar-refractivity contribution in [1.82, 2.24) is 25.0 Å². The number of piperazine rings is 1. The van der Waals surface area contributed by atoms with Gasteiger partial charge >= 0.3 is 0 Å². The maximum absolute atomic E-state index is 13.8. The third kappa shape index (κ3) is 4.19. The summed E-state index contributed by atoms with van der Waals surface area (Å²) in [6.07, 6.45) is 0. The van der Waals surface area contributed by atoms with Crippen LogP contribution in [0.2, 0.25) is 0 Å². The van der Waals surface area contributed by atoms with Crippen molar-refractivity contribution in [3.63, 3.8) is 0 Å². The number of H-pyrrole nitrogens is 1. The molecule has 3 rings (SSSR count).